The van der Waals surface area contributed by atoms with Crippen molar-refractivity contribution in [1.82, 2.24) is 19.4 Å². The third-order valence-corrected chi connectivity index (χ3v) is 9.70. The van der Waals surface area contributed by atoms with Crippen molar-refractivity contribution in [3.63, 3.8) is 0 Å². The van der Waals surface area contributed by atoms with E-state index in [0.29, 0.717) is 40.9 Å². The number of sulfonamides is 1. The quantitative estimate of drug-likeness (QED) is 0.438. The van der Waals surface area contributed by atoms with Crippen molar-refractivity contribution in [2.75, 3.05) is 45.9 Å². The van der Waals surface area contributed by atoms with Crippen LogP contribution in [0.15, 0.2) is 58.6 Å². The van der Waals surface area contributed by atoms with E-state index in [2.05, 4.69) is 5.32 Å². The number of rotatable bonds is 8. The molecule has 210 valence electrons. The fraction of sp³-hybridized carbons (Fsp3) is 0.385. The number of hydrogen-bond acceptors (Lipinski definition) is 6. The Bertz CT molecular complexity index is 1380. The number of benzene rings is 2. The average Bonchev–Trinajstić information content (AvgIpc) is 2.91. The minimum atomic E-state index is -3.68. The lowest BCUT2D eigenvalue weighted by Gasteiger charge is -2.40. The van der Waals surface area contributed by atoms with Crippen molar-refractivity contribution in [2.45, 2.75) is 24.8 Å². The Morgan fingerprint density at radius 3 is 2.31 bits per heavy atom. The number of hydrogen-bond donors (Lipinski definition) is 1. The van der Waals surface area contributed by atoms with E-state index in [4.69, 9.17) is 39.5 Å². The van der Waals surface area contributed by atoms with Gasteiger partial charge in [0, 0.05) is 50.0 Å². The van der Waals surface area contributed by atoms with Gasteiger partial charge in [-0.25, -0.2) is 18.0 Å². The Balaban J connectivity index is 1.64. The fourth-order valence-corrected chi connectivity index (χ4v) is 6.69. The first-order chi connectivity index (χ1) is 18.6. The molecule has 0 aromatic heterocycles. The Morgan fingerprint density at radius 1 is 1.03 bits per heavy atom. The molecule has 2 amide bonds. The topological polar surface area (TPSA) is 99.3 Å². The first-order valence-corrected chi connectivity index (χ1v) is 15.1. The lowest BCUT2D eigenvalue weighted by atomic mass is 9.94. The zero-order chi connectivity index (χ0) is 28.3. The summed E-state index contributed by atoms with van der Waals surface area (Å²) in [6.45, 7) is 5.49. The number of carbonyl (C=O) groups is 2. The molecule has 1 fully saturated rings. The summed E-state index contributed by atoms with van der Waals surface area (Å²) in [4.78, 5) is 30.2. The Morgan fingerprint density at radius 2 is 1.69 bits per heavy atom. The smallest absolute Gasteiger partial charge is 0.338 e. The molecule has 4 rings (SSSR count). The molecule has 2 aliphatic rings. The van der Waals surface area contributed by atoms with Gasteiger partial charge >= 0.3 is 12.0 Å². The second-order valence-corrected chi connectivity index (χ2v) is 12.1. The van der Waals surface area contributed by atoms with Crippen LogP contribution in [0.2, 0.25) is 15.1 Å². The van der Waals surface area contributed by atoms with Gasteiger partial charge in [0.2, 0.25) is 10.0 Å². The zero-order valence-corrected chi connectivity index (χ0v) is 24.6. The van der Waals surface area contributed by atoms with Gasteiger partial charge < -0.3 is 10.1 Å². The maximum atomic E-state index is 13.3. The van der Waals surface area contributed by atoms with Crippen LogP contribution >= 0.6 is 34.8 Å². The van der Waals surface area contributed by atoms with Gasteiger partial charge in [-0.1, -0.05) is 46.9 Å². The Hall–Kier alpha value is -2.34. The van der Waals surface area contributed by atoms with Crippen molar-refractivity contribution >= 4 is 56.8 Å². The van der Waals surface area contributed by atoms with Crippen LogP contribution in [0.3, 0.4) is 0 Å². The van der Waals surface area contributed by atoms with Gasteiger partial charge in [0.25, 0.3) is 0 Å². The van der Waals surface area contributed by atoms with Crippen molar-refractivity contribution in [3.8, 4) is 0 Å². The van der Waals surface area contributed by atoms with Crippen molar-refractivity contribution < 1.29 is 22.7 Å². The number of esters is 1. The Kier molecular flexibility index (Phi) is 9.46. The van der Waals surface area contributed by atoms with Gasteiger partial charge in [-0.3, -0.25) is 9.80 Å². The normalized spacial score (nSPS) is 19.3. The summed E-state index contributed by atoms with van der Waals surface area (Å²) < 4.78 is 33.1. The Labute approximate surface area is 243 Å². The molecule has 1 unspecified atom stereocenters. The van der Waals surface area contributed by atoms with E-state index >= 15 is 0 Å². The number of carbonyl (C=O) groups excluding carboxylic acids is 2. The SMILES string of the molecule is CCOC(=O)C1=C(CN2CCN(S(=O)(=O)c3ccc(Cl)cc3)CC2)N(CC)C(=O)NC1c1cccc(Cl)c1Cl. The molecule has 2 aromatic rings. The third kappa shape index (κ3) is 6.21. The largest absolute Gasteiger partial charge is 0.463 e. The van der Waals surface area contributed by atoms with Gasteiger partial charge in [-0.15, -0.1) is 0 Å². The van der Waals surface area contributed by atoms with Gasteiger partial charge in [0.15, 0.2) is 0 Å². The number of nitrogens with one attached hydrogen (secondary N) is 1. The lowest BCUT2D eigenvalue weighted by molar-refractivity contribution is -0.139. The maximum absolute atomic E-state index is 13.3. The van der Waals surface area contributed by atoms with E-state index in [-0.39, 0.29) is 47.8 Å². The monoisotopic (exact) mass is 614 g/mol. The zero-order valence-electron chi connectivity index (χ0n) is 21.5. The van der Waals surface area contributed by atoms with E-state index in [9.17, 15) is 18.0 Å². The molecule has 0 spiro atoms. The van der Waals surface area contributed by atoms with Gasteiger partial charge in [-0.2, -0.15) is 4.31 Å². The van der Waals surface area contributed by atoms with Gasteiger partial charge in [0.05, 0.1) is 33.2 Å². The summed E-state index contributed by atoms with van der Waals surface area (Å²) in [5.41, 5.74) is 1.22. The summed E-state index contributed by atoms with van der Waals surface area (Å²) >= 11 is 18.7. The van der Waals surface area contributed by atoms with Crippen LogP contribution < -0.4 is 5.32 Å². The predicted molar refractivity (Wildman–Crippen MR) is 150 cm³/mol. The summed E-state index contributed by atoms with van der Waals surface area (Å²) in [6, 6.07) is 9.85. The highest BCUT2D eigenvalue weighted by atomic mass is 35.5. The molecule has 2 heterocycles. The standard InChI is InChI=1S/C26H29Cl3N4O5S/c1-3-33-21(16-31-12-14-32(15-13-31)39(36,37)18-10-8-17(27)9-11-18)22(25(34)38-4-2)24(30-26(33)35)19-6-5-7-20(28)23(19)29/h5-11,24H,3-4,12-16H2,1-2H3,(H,30,35). The number of urea groups is 1. The molecule has 1 atom stereocenters. The highest BCUT2D eigenvalue weighted by molar-refractivity contribution is 7.89. The first-order valence-electron chi connectivity index (χ1n) is 12.5. The molecular weight excluding hydrogens is 587 g/mol. The molecule has 2 aliphatic heterocycles. The van der Waals surface area contributed by atoms with E-state index in [1.165, 1.54) is 21.3 Å². The van der Waals surface area contributed by atoms with E-state index in [1.807, 2.05) is 11.8 Å². The van der Waals surface area contributed by atoms with Crippen LogP contribution in [0.25, 0.3) is 0 Å². The van der Waals surface area contributed by atoms with Crippen molar-refractivity contribution in [3.05, 3.63) is 74.4 Å². The van der Waals surface area contributed by atoms with E-state index in [1.54, 1.807) is 37.3 Å². The summed E-state index contributed by atoms with van der Waals surface area (Å²) in [7, 11) is -3.68. The molecule has 9 nitrogen and oxygen atoms in total. The molecule has 0 aliphatic carbocycles. The van der Waals surface area contributed by atoms with Crippen LogP contribution in [0.1, 0.15) is 25.5 Å². The summed E-state index contributed by atoms with van der Waals surface area (Å²) in [6.07, 6.45) is 0. The van der Waals surface area contributed by atoms with Crippen LogP contribution in [0, 0.1) is 0 Å². The fourth-order valence-electron chi connectivity index (χ4n) is 4.73. The second-order valence-electron chi connectivity index (χ2n) is 8.98. The second kappa shape index (κ2) is 12.4. The number of nitrogens with zero attached hydrogens (tertiary/aromatic N) is 3. The lowest BCUT2D eigenvalue weighted by Crippen LogP contribution is -2.53. The molecule has 1 saturated heterocycles. The first kappa shape index (κ1) is 29.6. The van der Waals surface area contributed by atoms with Crippen molar-refractivity contribution in [1.29, 1.82) is 0 Å². The van der Waals surface area contributed by atoms with Crippen LogP contribution in [-0.2, 0) is 19.6 Å². The van der Waals surface area contributed by atoms with Gasteiger partial charge in [0.1, 0.15) is 0 Å². The van der Waals surface area contributed by atoms with Crippen molar-refractivity contribution in [2.24, 2.45) is 0 Å². The molecule has 0 bridgehead atoms. The minimum Gasteiger partial charge on any atom is -0.463 e. The highest BCUT2D eigenvalue weighted by Gasteiger charge is 2.40. The predicted octanol–water partition coefficient (Wildman–Crippen LogP) is 4.56. The summed E-state index contributed by atoms with van der Waals surface area (Å²) in [5.74, 6) is -0.573. The average molecular weight is 616 g/mol. The van der Waals surface area contributed by atoms with Gasteiger partial charge in [-0.05, 0) is 49.7 Å². The molecule has 13 heteroatoms. The molecular formula is C26H29Cl3N4O5S. The number of ether oxygens (including phenoxy) is 1. The number of piperazine rings is 1. The molecule has 1 N–H and O–H groups in total. The highest BCUT2D eigenvalue weighted by Crippen LogP contribution is 2.38. The molecule has 0 radical (unpaired) electrons. The number of likely N-dealkylation sites (N-methyl/N-ethyl adjacent to an activating group) is 1. The minimum absolute atomic E-state index is 0.146. The maximum Gasteiger partial charge on any atom is 0.338 e. The summed E-state index contributed by atoms with van der Waals surface area (Å²) in [5, 5.41) is 3.86. The number of amides is 2. The number of halogens is 3. The van der Waals surface area contributed by atoms with Crippen LogP contribution in [-0.4, -0.2) is 80.4 Å². The van der Waals surface area contributed by atoms with Crippen LogP contribution in [0.4, 0.5) is 4.79 Å². The van der Waals surface area contributed by atoms with E-state index in [0.717, 1.165) is 0 Å². The van der Waals surface area contributed by atoms with Crippen LogP contribution in [0.5, 0.6) is 0 Å². The van der Waals surface area contributed by atoms with E-state index < -0.39 is 22.0 Å². The third-order valence-electron chi connectivity index (χ3n) is 6.70. The molecule has 2 aromatic carbocycles. The molecule has 39 heavy (non-hydrogen) atoms. The molecule has 0 saturated carbocycles.